The van der Waals surface area contributed by atoms with Gasteiger partial charge in [-0.3, -0.25) is 9.59 Å². The smallest absolute Gasteiger partial charge is 0.291 e. The number of nitrogens with one attached hydrogen (secondary N) is 1. The van der Waals surface area contributed by atoms with Gasteiger partial charge in [0.05, 0.1) is 6.26 Å². The lowest BCUT2D eigenvalue weighted by Crippen LogP contribution is -2.46. The summed E-state index contributed by atoms with van der Waals surface area (Å²) in [6.45, 7) is 12.6. The van der Waals surface area contributed by atoms with Crippen LogP contribution in [0.25, 0.3) is 0 Å². The second-order valence-electron chi connectivity index (χ2n) is 9.34. The summed E-state index contributed by atoms with van der Waals surface area (Å²) in [5.41, 5.74) is 2.17. The second kappa shape index (κ2) is 9.37. The lowest BCUT2D eigenvalue weighted by Gasteiger charge is -2.37. The van der Waals surface area contributed by atoms with Crippen molar-refractivity contribution in [3.63, 3.8) is 0 Å². The van der Waals surface area contributed by atoms with Crippen LogP contribution in [0.4, 0.5) is 11.4 Å². The van der Waals surface area contributed by atoms with Crippen molar-refractivity contribution in [3.05, 3.63) is 47.9 Å². The average Bonchev–Trinajstić information content (AvgIpc) is 3.19. The Morgan fingerprint density at radius 3 is 2.27 bits per heavy atom. The van der Waals surface area contributed by atoms with E-state index >= 15 is 0 Å². The summed E-state index contributed by atoms with van der Waals surface area (Å²) in [4.78, 5) is 29.6. The third-order valence-electron chi connectivity index (χ3n) is 5.26. The number of carbonyl (C=O) groups excluding carboxylic acids is 2. The maximum atomic E-state index is 13.2. The van der Waals surface area contributed by atoms with Crippen LogP contribution in [-0.4, -0.2) is 36.9 Å². The fraction of sp³-hybridized carbons (Fsp3) is 0.500. The first-order chi connectivity index (χ1) is 13.9. The number of rotatable bonds is 7. The normalized spacial score (nSPS) is 12.6. The quantitative estimate of drug-likeness (QED) is 0.692. The SMILES string of the molecule is CC(C)[C@@H](C)N(Cc1cc(NC(=O)c2ccco2)ccc1N(C)C)C(=O)C(C)(C)C. The lowest BCUT2D eigenvalue weighted by molar-refractivity contribution is -0.143. The Morgan fingerprint density at radius 1 is 1.10 bits per heavy atom. The van der Waals surface area contributed by atoms with Gasteiger partial charge in [-0.05, 0) is 48.7 Å². The van der Waals surface area contributed by atoms with Gasteiger partial charge in [0.25, 0.3) is 5.91 Å². The molecule has 0 aliphatic carbocycles. The van der Waals surface area contributed by atoms with Crippen LogP contribution in [0, 0.1) is 11.3 Å². The van der Waals surface area contributed by atoms with E-state index in [9.17, 15) is 9.59 Å². The first-order valence-electron chi connectivity index (χ1n) is 10.4. The molecule has 1 aromatic heterocycles. The number of benzene rings is 1. The minimum absolute atomic E-state index is 0.0769. The molecule has 164 valence electrons. The number of hydrogen-bond acceptors (Lipinski definition) is 4. The van der Waals surface area contributed by atoms with Crippen molar-refractivity contribution < 1.29 is 14.0 Å². The predicted octanol–water partition coefficient (Wildman–Crippen LogP) is 5.02. The largest absolute Gasteiger partial charge is 0.459 e. The van der Waals surface area contributed by atoms with E-state index < -0.39 is 5.41 Å². The molecule has 0 aliphatic heterocycles. The van der Waals surface area contributed by atoms with E-state index in [-0.39, 0.29) is 23.6 Å². The van der Waals surface area contributed by atoms with Crippen LogP contribution in [0.1, 0.15) is 57.7 Å². The maximum Gasteiger partial charge on any atom is 0.291 e. The van der Waals surface area contributed by atoms with E-state index in [0.717, 1.165) is 11.3 Å². The van der Waals surface area contributed by atoms with Crippen molar-refractivity contribution in [1.82, 2.24) is 4.90 Å². The molecule has 0 saturated heterocycles. The Bertz CT molecular complexity index is 864. The second-order valence-corrected chi connectivity index (χ2v) is 9.34. The van der Waals surface area contributed by atoms with Crippen LogP contribution < -0.4 is 10.2 Å². The van der Waals surface area contributed by atoms with Crippen LogP contribution in [0.3, 0.4) is 0 Å². The summed E-state index contributed by atoms with van der Waals surface area (Å²) in [5.74, 6) is 0.382. The fourth-order valence-corrected chi connectivity index (χ4v) is 3.20. The Balaban J connectivity index is 2.40. The van der Waals surface area contributed by atoms with E-state index in [1.807, 2.05) is 62.9 Å². The van der Waals surface area contributed by atoms with Gasteiger partial charge in [-0.15, -0.1) is 0 Å². The van der Waals surface area contributed by atoms with E-state index in [2.05, 4.69) is 26.1 Å². The van der Waals surface area contributed by atoms with Gasteiger partial charge in [0.15, 0.2) is 5.76 Å². The van der Waals surface area contributed by atoms with Crippen LogP contribution >= 0.6 is 0 Å². The van der Waals surface area contributed by atoms with Gasteiger partial charge in [0, 0.05) is 43.5 Å². The summed E-state index contributed by atoms with van der Waals surface area (Å²) in [6.07, 6.45) is 1.47. The Kier molecular flexibility index (Phi) is 7.34. The zero-order valence-corrected chi connectivity index (χ0v) is 19.4. The molecular weight excluding hydrogens is 378 g/mol. The number of carbonyl (C=O) groups is 2. The zero-order valence-electron chi connectivity index (χ0n) is 19.4. The molecule has 2 aromatic rings. The Morgan fingerprint density at radius 2 is 1.77 bits per heavy atom. The molecule has 0 spiro atoms. The van der Waals surface area contributed by atoms with Crippen molar-refractivity contribution in [2.45, 2.75) is 54.1 Å². The van der Waals surface area contributed by atoms with E-state index in [0.29, 0.717) is 18.2 Å². The van der Waals surface area contributed by atoms with E-state index in [1.54, 1.807) is 12.1 Å². The highest BCUT2D eigenvalue weighted by Gasteiger charge is 2.32. The molecular formula is C24H35N3O3. The van der Waals surface area contributed by atoms with Gasteiger partial charge in [-0.1, -0.05) is 34.6 Å². The highest BCUT2D eigenvalue weighted by Crippen LogP contribution is 2.29. The molecule has 1 atom stereocenters. The monoisotopic (exact) mass is 413 g/mol. The van der Waals surface area contributed by atoms with Crippen LogP contribution in [0.15, 0.2) is 41.0 Å². The molecule has 0 unspecified atom stereocenters. The number of hydrogen-bond donors (Lipinski definition) is 1. The Hall–Kier alpha value is -2.76. The van der Waals surface area contributed by atoms with Crippen molar-refractivity contribution in [2.75, 3.05) is 24.3 Å². The summed E-state index contributed by atoms with van der Waals surface area (Å²) < 4.78 is 5.18. The van der Waals surface area contributed by atoms with Gasteiger partial charge in [-0.25, -0.2) is 0 Å². The van der Waals surface area contributed by atoms with Gasteiger partial charge >= 0.3 is 0 Å². The van der Waals surface area contributed by atoms with Crippen molar-refractivity contribution in [3.8, 4) is 0 Å². The molecule has 6 heteroatoms. The topological polar surface area (TPSA) is 65.8 Å². The molecule has 0 saturated carbocycles. The van der Waals surface area contributed by atoms with E-state index in [4.69, 9.17) is 4.42 Å². The third-order valence-corrected chi connectivity index (χ3v) is 5.26. The first kappa shape index (κ1) is 23.5. The minimum Gasteiger partial charge on any atom is -0.459 e. The Labute approximate surface area is 180 Å². The van der Waals surface area contributed by atoms with Crippen LogP contribution in [-0.2, 0) is 11.3 Å². The number of anilines is 2. The zero-order chi connectivity index (χ0) is 22.6. The molecule has 0 bridgehead atoms. The molecule has 30 heavy (non-hydrogen) atoms. The van der Waals surface area contributed by atoms with Gasteiger partial charge < -0.3 is 19.5 Å². The van der Waals surface area contributed by atoms with Gasteiger partial charge in [-0.2, -0.15) is 0 Å². The summed E-state index contributed by atoms with van der Waals surface area (Å²) in [5, 5.41) is 2.88. The maximum absolute atomic E-state index is 13.2. The first-order valence-corrected chi connectivity index (χ1v) is 10.4. The minimum atomic E-state index is -0.480. The molecule has 1 aromatic carbocycles. The fourth-order valence-electron chi connectivity index (χ4n) is 3.20. The number of nitrogens with zero attached hydrogens (tertiary/aromatic N) is 2. The standard InChI is InChI=1S/C24H35N3O3/c1-16(2)17(3)27(23(29)24(4,5)6)15-18-14-19(11-12-20(18)26(7)8)25-22(28)21-10-9-13-30-21/h9-14,16-17H,15H2,1-8H3,(H,25,28)/t17-/m1/s1. The predicted molar refractivity (Wildman–Crippen MR) is 122 cm³/mol. The van der Waals surface area contributed by atoms with Crippen molar-refractivity contribution in [1.29, 1.82) is 0 Å². The molecule has 0 aliphatic rings. The summed E-state index contributed by atoms with van der Waals surface area (Å²) in [7, 11) is 3.95. The summed E-state index contributed by atoms with van der Waals surface area (Å²) >= 11 is 0. The summed E-state index contributed by atoms with van der Waals surface area (Å²) in [6, 6.07) is 9.14. The highest BCUT2D eigenvalue weighted by atomic mass is 16.3. The average molecular weight is 414 g/mol. The van der Waals surface area contributed by atoms with Crippen molar-refractivity contribution in [2.24, 2.45) is 11.3 Å². The van der Waals surface area contributed by atoms with Crippen LogP contribution in [0.2, 0.25) is 0 Å². The molecule has 1 N–H and O–H groups in total. The number of amides is 2. The highest BCUT2D eigenvalue weighted by molar-refractivity contribution is 6.02. The third kappa shape index (κ3) is 5.65. The van der Waals surface area contributed by atoms with Crippen LogP contribution in [0.5, 0.6) is 0 Å². The number of furan rings is 1. The molecule has 0 radical (unpaired) electrons. The van der Waals surface area contributed by atoms with E-state index in [1.165, 1.54) is 6.26 Å². The van der Waals surface area contributed by atoms with Gasteiger partial charge in [0.1, 0.15) is 0 Å². The van der Waals surface area contributed by atoms with Gasteiger partial charge in [0.2, 0.25) is 5.91 Å². The molecule has 2 amide bonds. The molecule has 0 fully saturated rings. The molecule has 6 nitrogen and oxygen atoms in total. The molecule has 1 heterocycles. The molecule has 2 rings (SSSR count). The lowest BCUT2D eigenvalue weighted by atomic mass is 9.92. The van der Waals surface area contributed by atoms with Crippen molar-refractivity contribution >= 4 is 23.2 Å².